The standard InChI is InChI=1S/C21H32FN3O/c1-25(21(26)17-7-4-5-8-17)14-6-2-3-9-19-15-20(24-23-19)16-10-12-18(22)13-11-16/h10-13,17,19-20,23-24H,2-9,14-15H2,1H3. The molecule has 1 aliphatic heterocycles. The van der Waals surface area contributed by atoms with Crippen LogP contribution in [0.25, 0.3) is 0 Å². The summed E-state index contributed by atoms with van der Waals surface area (Å²) in [7, 11) is 1.95. The minimum absolute atomic E-state index is 0.187. The monoisotopic (exact) mass is 361 g/mol. The number of amides is 1. The first kappa shape index (κ1) is 19.3. The zero-order chi connectivity index (χ0) is 18.4. The van der Waals surface area contributed by atoms with Gasteiger partial charge in [-0.2, -0.15) is 0 Å². The normalized spacial score (nSPS) is 23.5. The molecule has 144 valence electrons. The number of halogens is 1. The van der Waals surface area contributed by atoms with Gasteiger partial charge in [0.2, 0.25) is 5.91 Å². The van der Waals surface area contributed by atoms with Gasteiger partial charge in [-0.05, 0) is 49.8 Å². The Morgan fingerprint density at radius 2 is 1.85 bits per heavy atom. The molecule has 1 heterocycles. The Morgan fingerprint density at radius 3 is 2.58 bits per heavy atom. The van der Waals surface area contributed by atoms with Crippen LogP contribution in [0, 0.1) is 11.7 Å². The Labute approximate surface area is 156 Å². The van der Waals surface area contributed by atoms with Crippen LogP contribution in [0.1, 0.15) is 69.4 Å². The SMILES string of the molecule is CN(CCCCCC1CC(c2ccc(F)cc2)NN1)C(=O)C1CCCC1. The third-order valence-corrected chi connectivity index (χ3v) is 5.88. The molecule has 1 aliphatic carbocycles. The molecule has 3 rings (SSSR count). The number of rotatable bonds is 8. The number of nitrogens with zero attached hydrogens (tertiary/aromatic N) is 1. The first-order valence-electron chi connectivity index (χ1n) is 10.1. The van der Waals surface area contributed by atoms with E-state index < -0.39 is 0 Å². The minimum Gasteiger partial charge on any atom is -0.346 e. The summed E-state index contributed by atoms with van der Waals surface area (Å²) in [6.45, 7) is 0.879. The highest BCUT2D eigenvalue weighted by molar-refractivity contribution is 5.78. The summed E-state index contributed by atoms with van der Waals surface area (Å²) in [5, 5.41) is 0. The van der Waals surface area contributed by atoms with Crippen LogP contribution in [-0.2, 0) is 4.79 Å². The van der Waals surface area contributed by atoms with Crippen molar-refractivity contribution in [1.29, 1.82) is 0 Å². The van der Waals surface area contributed by atoms with Crippen molar-refractivity contribution >= 4 is 5.91 Å². The number of hydrogen-bond acceptors (Lipinski definition) is 3. The topological polar surface area (TPSA) is 44.4 Å². The molecule has 1 amide bonds. The highest BCUT2D eigenvalue weighted by Gasteiger charge is 2.26. The van der Waals surface area contributed by atoms with E-state index in [4.69, 9.17) is 0 Å². The zero-order valence-electron chi connectivity index (χ0n) is 15.8. The number of nitrogens with one attached hydrogen (secondary N) is 2. The lowest BCUT2D eigenvalue weighted by molar-refractivity contribution is -0.134. The molecule has 5 heteroatoms. The number of benzene rings is 1. The summed E-state index contributed by atoms with van der Waals surface area (Å²) in [5.74, 6) is 0.455. The van der Waals surface area contributed by atoms with Gasteiger partial charge < -0.3 is 4.90 Å². The molecule has 1 saturated carbocycles. The van der Waals surface area contributed by atoms with Gasteiger partial charge in [-0.25, -0.2) is 4.39 Å². The summed E-state index contributed by atoms with van der Waals surface area (Å²) >= 11 is 0. The Bertz CT molecular complexity index is 571. The van der Waals surface area contributed by atoms with E-state index in [-0.39, 0.29) is 17.8 Å². The van der Waals surface area contributed by atoms with E-state index in [2.05, 4.69) is 10.9 Å². The molecule has 2 unspecified atom stereocenters. The maximum atomic E-state index is 13.0. The summed E-state index contributed by atoms with van der Waals surface area (Å²) in [5.41, 5.74) is 7.82. The van der Waals surface area contributed by atoms with E-state index in [1.807, 2.05) is 24.1 Å². The molecular formula is C21H32FN3O. The predicted octanol–water partition coefficient (Wildman–Crippen LogP) is 3.94. The second-order valence-electron chi connectivity index (χ2n) is 7.92. The van der Waals surface area contributed by atoms with Gasteiger partial charge in [0, 0.05) is 31.6 Å². The Morgan fingerprint density at radius 1 is 1.12 bits per heavy atom. The van der Waals surface area contributed by atoms with Crippen LogP contribution < -0.4 is 10.9 Å². The van der Waals surface area contributed by atoms with Gasteiger partial charge in [-0.15, -0.1) is 0 Å². The van der Waals surface area contributed by atoms with Gasteiger partial charge in [-0.1, -0.05) is 37.8 Å². The van der Waals surface area contributed by atoms with Gasteiger partial charge in [0.25, 0.3) is 0 Å². The molecule has 2 atom stereocenters. The molecule has 2 N–H and O–H groups in total. The van der Waals surface area contributed by atoms with Crippen LogP contribution in [-0.4, -0.2) is 30.4 Å². The number of carbonyl (C=O) groups excluding carboxylic acids is 1. The molecule has 2 aliphatic rings. The van der Waals surface area contributed by atoms with Crippen molar-refractivity contribution in [1.82, 2.24) is 15.8 Å². The third-order valence-electron chi connectivity index (χ3n) is 5.88. The van der Waals surface area contributed by atoms with Crippen LogP contribution in [0.3, 0.4) is 0 Å². The molecule has 1 aromatic carbocycles. The van der Waals surface area contributed by atoms with E-state index in [0.29, 0.717) is 11.9 Å². The molecule has 1 saturated heterocycles. The van der Waals surface area contributed by atoms with E-state index in [1.54, 1.807) is 0 Å². The van der Waals surface area contributed by atoms with Crippen LogP contribution in [0.4, 0.5) is 4.39 Å². The maximum Gasteiger partial charge on any atom is 0.225 e. The van der Waals surface area contributed by atoms with E-state index >= 15 is 0 Å². The van der Waals surface area contributed by atoms with Crippen molar-refractivity contribution in [2.24, 2.45) is 5.92 Å². The van der Waals surface area contributed by atoms with Crippen LogP contribution in [0.5, 0.6) is 0 Å². The lowest BCUT2D eigenvalue weighted by Gasteiger charge is -2.21. The molecule has 0 spiro atoms. The molecule has 0 aromatic heterocycles. The van der Waals surface area contributed by atoms with Gasteiger partial charge in [0.15, 0.2) is 0 Å². The highest BCUT2D eigenvalue weighted by Crippen LogP contribution is 2.27. The summed E-state index contributed by atoms with van der Waals surface area (Å²) < 4.78 is 13.0. The number of hydrogen-bond donors (Lipinski definition) is 2. The van der Waals surface area contributed by atoms with Gasteiger partial charge in [0.05, 0.1) is 0 Å². The zero-order valence-corrected chi connectivity index (χ0v) is 15.8. The molecule has 0 bridgehead atoms. The third kappa shape index (κ3) is 5.27. The lowest BCUT2D eigenvalue weighted by atomic mass is 9.99. The number of unbranched alkanes of at least 4 members (excludes halogenated alkanes) is 2. The average Bonchev–Trinajstić information content (AvgIpc) is 3.33. The summed E-state index contributed by atoms with van der Waals surface area (Å²) in [4.78, 5) is 14.2. The highest BCUT2D eigenvalue weighted by atomic mass is 19.1. The minimum atomic E-state index is -0.187. The predicted molar refractivity (Wildman–Crippen MR) is 102 cm³/mol. The first-order chi connectivity index (χ1) is 12.6. The van der Waals surface area contributed by atoms with Crippen LogP contribution >= 0.6 is 0 Å². The second-order valence-corrected chi connectivity index (χ2v) is 7.92. The molecule has 4 nitrogen and oxygen atoms in total. The average molecular weight is 362 g/mol. The van der Waals surface area contributed by atoms with E-state index in [0.717, 1.165) is 50.6 Å². The quantitative estimate of drug-likeness (QED) is 0.689. The lowest BCUT2D eigenvalue weighted by Crippen LogP contribution is -2.32. The van der Waals surface area contributed by atoms with Crippen molar-refractivity contribution in [2.75, 3.05) is 13.6 Å². The summed E-state index contributed by atoms with van der Waals surface area (Å²) in [6, 6.07) is 7.47. The van der Waals surface area contributed by atoms with Gasteiger partial charge in [-0.3, -0.25) is 15.6 Å². The second kappa shape index (κ2) is 9.47. The maximum absolute atomic E-state index is 13.0. The molecule has 26 heavy (non-hydrogen) atoms. The van der Waals surface area contributed by atoms with Crippen molar-refractivity contribution in [3.8, 4) is 0 Å². The van der Waals surface area contributed by atoms with E-state index in [9.17, 15) is 9.18 Å². The molecule has 0 radical (unpaired) electrons. The van der Waals surface area contributed by atoms with Crippen molar-refractivity contribution in [3.63, 3.8) is 0 Å². The smallest absolute Gasteiger partial charge is 0.225 e. The Kier molecular flexibility index (Phi) is 7.03. The van der Waals surface area contributed by atoms with E-state index in [1.165, 1.54) is 31.4 Å². The van der Waals surface area contributed by atoms with Crippen LogP contribution in [0.15, 0.2) is 24.3 Å². The molecular weight excluding hydrogens is 329 g/mol. The largest absolute Gasteiger partial charge is 0.346 e. The molecule has 1 aromatic rings. The fraction of sp³-hybridized carbons (Fsp3) is 0.667. The Balaban J connectivity index is 1.28. The number of hydrazine groups is 1. The number of carbonyl (C=O) groups is 1. The first-order valence-corrected chi connectivity index (χ1v) is 10.1. The summed E-state index contributed by atoms with van der Waals surface area (Å²) in [6.07, 6.45) is 10.2. The fourth-order valence-corrected chi connectivity index (χ4v) is 4.24. The van der Waals surface area contributed by atoms with Crippen LogP contribution in [0.2, 0.25) is 0 Å². The van der Waals surface area contributed by atoms with Gasteiger partial charge in [0.1, 0.15) is 5.82 Å². The fourth-order valence-electron chi connectivity index (χ4n) is 4.24. The molecule has 2 fully saturated rings. The van der Waals surface area contributed by atoms with Crippen molar-refractivity contribution in [2.45, 2.75) is 69.9 Å². The van der Waals surface area contributed by atoms with Crippen molar-refractivity contribution < 1.29 is 9.18 Å². The van der Waals surface area contributed by atoms with Gasteiger partial charge >= 0.3 is 0 Å². The van der Waals surface area contributed by atoms with Crippen molar-refractivity contribution in [3.05, 3.63) is 35.6 Å². The Hall–Kier alpha value is -1.46.